The van der Waals surface area contributed by atoms with Crippen LogP contribution in [0.3, 0.4) is 0 Å². The van der Waals surface area contributed by atoms with Crippen molar-refractivity contribution < 1.29 is 13.9 Å². The summed E-state index contributed by atoms with van der Waals surface area (Å²) in [5.74, 6) is -0.351. The van der Waals surface area contributed by atoms with Crippen LogP contribution in [-0.2, 0) is 6.61 Å². The van der Waals surface area contributed by atoms with Crippen molar-refractivity contribution in [3.8, 4) is 5.75 Å². The van der Waals surface area contributed by atoms with Gasteiger partial charge in [-0.05, 0) is 63.4 Å². The summed E-state index contributed by atoms with van der Waals surface area (Å²) >= 11 is 0. The van der Waals surface area contributed by atoms with Crippen molar-refractivity contribution >= 4 is 5.91 Å². The number of halogens is 1. The van der Waals surface area contributed by atoms with Gasteiger partial charge in [0, 0.05) is 37.4 Å². The molecular formula is C23H28FN3O2. The first kappa shape index (κ1) is 19.8. The van der Waals surface area contributed by atoms with Crippen molar-refractivity contribution in [2.45, 2.75) is 51.3 Å². The molecule has 2 saturated heterocycles. The lowest BCUT2D eigenvalue weighted by molar-refractivity contribution is 0.0692. The van der Waals surface area contributed by atoms with Gasteiger partial charge in [0.1, 0.15) is 18.2 Å². The second kappa shape index (κ2) is 8.91. The van der Waals surface area contributed by atoms with Crippen LogP contribution in [0, 0.1) is 5.82 Å². The monoisotopic (exact) mass is 397 g/mol. The molecule has 0 radical (unpaired) electrons. The molecule has 0 bridgehead atoms. The van der Waals surface area contributed by atoms with Gasteiger partial charge in [-0.3, -0.25) is 14.7 Å². The molecule has 2 aromatic rings. The Morgan fingerprint density at radius 1 is 1.21 bits per heavy atom. The second-order valence-electron chi connectivity index (χ2n) is 8.03. The van der Waals surface area contributed by atoms with Gasteiger partial charge >= 0.3 is 0 Å². The summed E-state index contributed by atoms with van der Waals surface area (Å²) in [6, 6.07) is 10.8. The highest BCUT2D eigenvalue weighted by atomic mass is 19.1. The molecule has 2 aliphatic rings. The number of aromatic nitrogens is 1. The molecule has 2 aliphatic heterocycles. The minimum absolute atomic E-state index is 0.122. The van der Waals surface area contributed by atoms with E-state index in [-0.39, 0.29) is 24.1 Å². The smallest absolute Gasteiger partial charge is 0.257 e. The molecule has 1 aromatic carbocycles. The lowest BCUT2D eigenvalue weighted by Gasteiger charge is -2.31. The number of rotatable bonds is 6. The molecule has 0 aliphatic carbocycles. The molecule has 2 fully saturated rings. The lowest BCUT2D eigenvalue weighted by Crippen LogP contribution is -2.44. The highest BCUT2D eigenvalue weighted by molar-refractivity contribution is 5.95. The van der Waals surface area contributed by atoms with E-state index in [0.29, 0.717) is 18.3 Å². The zero-order valence-corrected chi connectivity index (χ0v) is 16.9. The number of pyridine rings is 1. The maximum Gasteiger partial charge on any atom is 0.257 e. The maximum absolute atomic E-state index is 14.7. The Balaban J connectivity index is 1.41. The van der Waals surface area contributed by atoms with Crippen LogP contribution in [0.4, 0.5) is 4.39 Å². The van der Waals surface area contributed by atoms with Crippen molar-refractivity contribution in [2.24, 2.45) is 0 Å². The second-order valence-corrected chi connectivity index (χ2v) is 8.03. The Morgan fingerprint density at radius 3 is 2.79 bits per heavy atom. The van der Waals surface area contributed by atoms with Crippen molar-refractivity contribution in [1.29, 1.82) is 0 Å². The number of benzene rings is 1. The van der Waals surface area contributed by atoms with Gasteiger partial charge in [-0.1, -0.05) is 6.07 Å². The zero-order valence-electron chi connectivity index (χ0n) is 16.9. The summed E-state index contributed by atoms with van der Waals surface area (Å²) in [7, 11) is 0. The van der Waals surface area contributed by atoms with Gasteiger partial charge in [0.15, 0.2) is 0 Å². The standard InChI is InChI=1S/C23H28FN3O2/c1-17-6-4-12-26(17)15-19-8-5-13-27(19)23(28)21-10-9-20(14-22(21)24)29-16-18-7-2-3-11-25-18/h2-3,7,9-11,14,17,19H,4-6,8,12-13,15-16H2,1H3/t17-,19+/m1/s1. The number of ether oxygens (including phenoxy) is 1. The Labute approximate surface area is 171 Å². The minimum Gasteiger partial charge on any atom is -0.487 e. The molecule has 0 saturated carbocycles. The first-order chi connectivity index (χ1) is 14.1. The predicted molar refractivity (Wildman–Crippen MR) is 109 cm³/mol. The van der Waals surface area contributed by atoms with Crippen LogP contribution in [0.2, 0.25) is 0 Å². The van der Waals surface area contributed by atoms with E-state index in [2.05, 4.69) is 16.8 Å². The van der Waals surface area contributed by atoms with E-state index >= 15 is 0 Å². The molecule has 5 nitrogen and oxygen atoms in total. The summed E-state index contributed by atoms with van der Waals surface area (Å²) in [6.45, 7) is 5.19. The first-order valence-electron chi connectivity index (χ1n) is 10.5. The fraction of sp³-hybridized carbons (Fsp3) is 0.478. The predicted octanol–water partition coefficient (Wildman–Crippen LogP) is 3.89. The average molecular weight is 397 g/mol. The Morgan fingerprint density at radius 2 is 2.07 bits per heavy atom. The molecule has 1 amide bonds. The van der Waals surface area contributed by atoms with E-state index < -0.39 is 5.82 Å². The van der Waals surface area contributed by atoms with Crippen molar-refractivity contribution in [1.82, 2.24) is 14.8 Å². The van der Waals surface area contributed by atoms with Gasteiger partial charge in [-0.15, -0.1) is 0 Å². The third-order valence-electron chi connectivity index (χ3n) is 6.06. The van der Waals surface area contributed by atoms with Gasteiger partial charge in [0.2, 0.25) is 0 Å². The number of carbonyl (C=O) groups is 1. The fourth-order valence-electron chi connectivity index (χ4n) is 4.38. The van der Waals surface area contributed by atoms with Crippen molar-refractivity contribution in [2.75, 3.05) is 19.6 Å². The highest BCUT2D eigenvalue weighted by Gasteiger charge is 2.33. The summed E-state index contributed by atoms with van der Waals surface area (Å²) in [5, 5.41) is 0. The third kappa shape index (κ3) is 4.58. The number of hydrogen-bond acceptors (Lipinski definition) is 4. The maximum atomic E-state index is 14.7. The number of nitrogens with zero attached hydrogens (tertiary/aromatic N) is 3. The molecule has 29 heavy (non-hydrogen) atoms. The van der Waals surface area contributed by atoms with Crippen LogP contribution in [0.1, 0.15) is 48.7 Å². The van der Waals surface area contributed by atoms with Crippen LogP contribution in [0.5, 0.6) is 5.75 Å². The molecule has 2 atom stereocenters. The van der Waals surface area contributed by atoms with Gasteiger partial charge in [0.25, 0.3) is 5.91 Å². The molecule has 154 valence electrons. The van der Waals surface area contributed by atoms with E-state index in [1.165, 1.54) is 18.9 Å². The quantitative estimate of drug-likeness (QED) is 0.742. The Hall–Kier alpha value is -2.47. The first-order valence-corrected chi connectivity index (χ1v) is 10.5. The molecular weight excluding hydrogens is 369 g/mol. The minimum atomic E-state index is -0.534. The molecule has 4 rings (SSSR count). The Bertz CT molecular complexity index is 845. The number of carbonyl (C=O) groups excluding carboxylic acids is 1. The van der Waals surface area contributed by atoms with Crippen LogP contribution < -0.4 is 4.74 Å². The van der Waals surface area contributed by atoms with Crippen LogP contribution in [0.15, 0.2) is 42.6 Å². The molecule has 3 heterocycles. The molecule has 0 unspecified atom stereocenters. The van der Waals surface area contributed by atoms with Crippen LogP contribution >= 0.6 is 0 Å². The number of amides is 1. The van der Waals surface area contributed by atoms with E-state index in [9.17, 15) is 9.18 Å². The van der Waals surface area contributed by atoms with E-state index in [0.717, 1.165) is 31.6 Å². The number of likely N-dealkylation sites (tertiary alicyclic amines) is 2. The zero-order chi connectivity index (χ0) is 20.2. The summed E-state index contributed by atoms with van der Waals surface area (Å²) in [6.07, 6.45) is 6.09. The topological polar surface area (TPSA) is 45.7 Å². The largest absolute Gasteiger partial charge is 0.487 e. The van der Waals surface area contributed by atoms with Gasteiger partial charge in [-0.2, -0.15) is 0 Å². The number of hydrogen-bond donors (Lipinski definition) is 0. The third-order valence-corrected chi connectivity index (χ3v) is 6.06. The van der Waals surface area contributed by atoms with Gasteiger partial charge in [0.05, 0.1) is 11.3 Å². The molecule has 0 N–H and O–H groups in total. The van der Waals surface area contributed by atoms with Gasteiger partial charge < -0.3 is 9.64 Å². The Kier molecular flexibility index (Phi) is 6.09. The summed E-state index contributed by atoms with van der Waals surface area (Å²) in [5.41, 5.74) is 0.890. The molecule has 0 spiro atoms. The normalized spacial score (nSPS) is 22.2. The van der Waals surface area contributed by atoms with E-state index in [4.69, 9.17) is 4.74 Å². The van der Waals surface area contributed by atoms with Gasteiger partial charge in [-0.25, -0.2) is 4.39 Å². The average Bonchev–Trinajstić information content (AvgIpc) is 3.36. The van der Waals surface area contributed by atoms with Crippen LogP contribution in [0.25, 0.3) is 0 Å². The van der Waals surface area contributed by atoms with Crippen LogP contribution in [-0.4, -0.2) is 52.4 Å². The molecule has 1 aromatic heterocycles. The van der Waals surface area contributed by atoms with E-state index in [1.54, 1.807) is 18.3 Å². The summed E-state index contributed by atoms with van der Waals surface area (Å²) in [4.78, 5) is 21.5. The van der Waals surface area contributed by atoms with Crippen molar-refractivity contribution in [3.05, 3.63) is 59.7 Å². The highest BCUT2D eigenvalue weighted by Crippen LogP contribution is 2.26. The van der Waals surface area contributed by atoms with Crippen molar-refractivity contribution in [3.63, 3.8) is 0 Å². The van der Waals surface area contributed by atoms with E-state index in [1.807, 2.05) is 23.1 Å². The fourth-order valence-corrected chi connectivity index (χ4v) is 4.38. The lowest BCUT2D eigenvalue weighted by atomic mass is 10.1. The SMILES string of the molecule is C[C@@H]1CCCN1C[C@@H]1CCCN1C(=O)c1ccc(OCc2ccccn2)cc1F. The molecule has 6 heteroatoms. The summed E-state index contributed by atoms with van der Waals surface area (Å²) < 4.78 is 20.3.